The second-order valence-corrected chi connectivity index (χ2v) is 5.13. The van der Waals surface area contributed by atoms with Crippen molar-refractivity contribution in [3.05, 3.63) is 79.0 Å². The Morgan fingerprint density at radius 2 is 1.15 bits per heavy atom. The Morgan fingerprint density at radius 3 is 1.65 bits per heavy atom. The summed E-state index contributed by atoms with van der Waals surface area (Å²) in [6, 6.07) is 16.7. The van der Waals surface area contributed by atoms with E-state index >= 15 is 0 Å². The molecule has 97 valence electrons. The molecule has 0 aliphatic carbocycles. The highest BCUT2D eigenvalue weighted by molar-refractivity contribution is 5.88. The van der Waals surface area contributed by atoms with Crippen molar-refractivity contribution in [2.45, 2.75) is 5.92 Å². The van der Waals surface area contributed by atoms with Gasteiger partial charge in [-0.25, -0.2) is 0 Å². The Kier molecular flexibility index (Phi) is 2.43. The zero-order chi connectivity index (χ0) is 13.5. The van der Waals surface area contributed by atoms with Gasteiger partial charge in [-0.2, -0.15) is 0 Å². The number of aromatic nitrogens is 2. The third-order valence-electron chi connectivity index (χ3n) is 3.99. The van der Waals surface area contributed by atoms with E-state index in [0.717, 1.165) is 11.0 Å². The molecule has 2 N–H and O–H groups in total. The molecular formula is C18H15N2. The van der Waals surface area contributed by atoms with Crippen molar-refractivity contribution >= 4 is 21.8 Å². The molecule has 0 atom stereocenters. The number of hydrogen-bond acceptors (Lipinski definition) is 0. The lowest BCUT2D eigenvalue weighted by molar-refractivity contribution is 1.05. The molecule has 0 fully saturated rings. The fraction of sp³-hybridized carbons (Fsp3) is 0.0556. The number of rotatable bonds is 2. The molecule has 0 amide bonds. The van der Waals surface area contributed by atoms with Gasteiger partial charge in [0.15, 0.2) is 0 Å². The number of H-pyrrole nitrogens is 2. The Hall–Kier alpha value is -2.48. The van der Waals surface area contributed by atoms with Crippen molar-refractivity contribution in [2.24, 2.45) is 0 Å². The van der Waals surface area contributed by atoms with Crippen LogP contribution in [0.4, 0.5) is 0 Å². The molecule has 20 heavy (non-hydrogen) atoms. The summed E-state index contributed by atoms with van der Waals surface area (Å²) in [5.74, 6) is 0.113. The quantitative estimate of drug-likeness (QED) is 0.526. The zero-order valence-electron chi connectivity index (χ0n) is 11.1. The highest BCUT2D eigenvalue weighted by Crippen LogP contribution is 2.33. The molecule has 4 rings (SSSR count). The maximum absolute atomic E-state index is 4.38. The van der Waals surface area contributed by atoms with Crippen molar-refractivity contribution in [1.82, 2.24) is 9.97 Å². The van der Waals surface area contributed by atoms with Crippen LogP contribution in [0.15, 0.2) is 60.9 Å². The van der Waals surface area contributed by atoms with Gasteiger partial charge < -0.3 is 9.97 Å². The lowest BCUT2D eigenvalue weighted by atomic mass is 9.92. The summed E-state index contributed by atoms with van der Waals surface area (Å²) in [5, 5.41) is 2.50. The van der Waals surface area contributed by atoms with Gasteiger partial charge in [0.1, 0.15) is 0 Å². The number of para-hydroxylation sites is 2. The van der Waals surface area contributed by atoms with Crippen molar-refractivity contribution in [3.8, 4) is 0 Å². The van der Waals surface area contributed by atoms with Crippen LogP contribution in [0.2, 0.25) is 0 Å². The molecule has 0 bridgehead atoms. The van der Waals surface area contributed by atoms with Crippen molar-refractivity contribution in [3.63, 3.8) is 0 Å². The minimum atomic E-state index is 0.113. The van der Waals surface area contributed by atoms with Gasteiger partial charge >= 0.3 is 0 Å². The largest absolute Gasteiger partial charge is 0.361 e. The van der Waals surface area contributed by atoms with E-state index in [-0.39, 0.29) is 5.92 Å². The molecule has 0 saturated heterocycles. The topological polar surface area (TPSA) is 31.6 Å². The first kappa shape index (κ1) is 11.4. The summed E-state index contributed by atoms with van der Waals surface area (Å²) in [4.78, 5) is 6.66. The molecule has 0 spiro atoms. The van der Waals surface area contributed by atoms with Gasteiger partial charge in [0.05, 0.1) is 0 Å². The molecular weight excluding hydrogens is 244 g/mol. The van der Waals surface area contributed by atoms with Crippen LogP contribution in [-0.2, 0) is 0 Å². The Labute approximate surface area is 117 Å². The number of nitrogens with one attached hydrogen (secondary N) is 2. The standard InChI is InChI=1S/C18H15N2/c1-12(15-10-19-17-8-4-2-6-13(15)17)16-11-20-18-9-5-3-7-14(16)18/h2-12,19-20H,1H2. The number of hydrogen-bond donors (Lipinski definition) is 2. The maximum atomic E-state index is 4.38. The van der Waals surface area contributed by atoms with Gasteiger partial charge in [0.2, 0.25) is 0 Å². The van der Waals surface area contributed by atoms with E-state index in [0.29, 0.717) is 0 Å². The molecule has 2 heteroatoms. The average molecular weight is 259 g/mol. The summed E-state index contributed by atoms with van der Waals surface area (Å²) >= 11 is 0. The molecule has 2 aromatic carbocycles. The average Bonchev–Trinajstić information content (AvgIpc) is 3.11. The summed E-state index contributed by atoms with van der Waals surface area (Å²) in [5.41, 5.74) is 4.81. The van der Waals surface area contributed by atoms with Gasteiger partial charge in [0.25, 0.3) is 0 Å². The van der Waals surface area contributed by atoms with E-state index in [4.69, 9.17) is 0 Å². The fourth-order valence-corrected chi connectivity index (χ4v) is 2.93. The Bertz CT molecular complexity index is 808. The second kappa shape index (κ2) is 4.27. The van der Waals surface area contributed by atoms with E-state index < -0.39 is 0 Å². The third kappa shape index (κ3) is 1.58. The summed E-state index contributed by atoms with van der Waals surface area (Å²) in [6.45, 7) is 4.38. The first-order chi connectivity index (χ1) is 9.84. The van der Waals surface area contributed by atoms with Crippen LogP contribution in [0.1, 0.15) is 17.0 Å². The smallest absolute Gasteiger partial charge is 0.0457 e. The number of aromatic amines is 2. The molecule has 0 aliphatic rings. The van der Waals surface area contributed by atoms with Crippen LogP contribution < -0.4 is 0 Å². The lowest BCUT2D eigenvalue weighted by Crippen LogP contribution is -1.94. The van der Waals surface area contributed by atoms with Crippen LogP contribution in [0.25, 0.3) is 21.8 Å². The summed E-state index contributed by atoms with van der Waals surface area (Å²) in [6.07, 6.45) is 4.15. The van der Waals surface area contributed by atoms with Crippen LogP contribution >= 0.6 is 0 Å². The maximum Gasteiger partial charge on any atom is 0.0457 e. The van der Waals surface area contributed by atoms with Crippen LogP contribution in [0.3, 0.4) is 0 Å². The van der Waals surface area contributed by atoms with Gasteiger partial charge in [-0.15, -0.1) is 0 Å². The first-order valence-corrected chi connectivity index (χ1v) is 6.79. The van der Waals surface area contributed by atoms with Gasteiger partial charge in [0, 0.05) is 40.1 Å². The molecule has 2 aromatic heterocycles. The predicted molar refractivity (Wildman–Crippen MR) is 83.8 cm³/mol. The molecule has 2 nitrogen and oxygen atoms in total. The number of benzene rings is 2. The van der Waals surface area contributed by atoms with E-state index in [1.54, 1.807) is 0 Å². The first-order valence-electron chi connectivity index (χ1n) is 6.79. The van der Waals surface area contributed by atoms with Crippen LogP contribution in [-0.4, -0.2) is 9.97 Å². The minimum absolute atomic E-state index is 0.113. The van der Waals surface area contributed by atoms with Crippen molar-refractivity contribution in [2.75, 3.05) is 0 Å². The van der Waals surface area contributed by atoms with E-state index in [2.05, 4.69) is 65.7 Å². The van der Waals surface area contributed by atoms with E-state index in [9.17, 15) is 0 Å². The third-order valence-corrected chi connectivity index (χ3v) is 3.99. The van der Waals surface area contributed by atoms with Gasteiger partial charge in [-0.3, -0.25) is 0 Å². The fourth-order valence-electron chi connectivity index (χ4n) is 2.93. The normalized spacial score (nSPS) is 11.7. The Morgan fingerprint density at radius 1 is 0.700 bits per heavy atom. The van der Waals surface area contributed by atoms with E-state index in [1.165, 1.54) is 21.9 Å². The molecule has 1 radical (unpaired) electrons. The van der Waals surface area contributed by atoms with E-state index in [1.807, 2.05) is 12.1 Å². The zero-order valence-corrected chi connectivity index (χ0v) is 11.1. The second-order valence-electron chi connectivity index (χ2n) is 5.13. The van der Waals surface area contributed by atoms with Crippen molar-refractivity contribution < 1.29 is 0 Å². The summed E-state index contributed by atoms with van der Waals surface area (Å²) in [7, 11) is 0. The number of fused-ring (bicyclic) bond motifs is 2. The van der Waals surface area contributed by atoms with Gasteiger partial charge in [-0.1, -0.05) is 36.4 Å². The lowest BCUT2D eigenvalue weighted by Gasteiger charge is -2.09. The Balaban J connectivity index is 1.90. The molecule has 4 aromatic rings. The summed E-state index contributed by atoms with van der Waals surface area (Å²) < 4.78 is 0. The molecule has 0 saturated carbocycles. The molecule has 0 aliphatic heterocycles. The highest BCUT2D eigenvalue weighted by Gasteiger charge is 2.16. The highest BCUT2D eigenvalue weighted by atomic mass is 14.7. The molecule has 2 heterocycles. The SMILES string of the molecule is [CH2]C(c1c[nH]c2ccccc12)c1c[nH]c2ccccc12. The van der Waals surface area contributed by atoms with Crippen molar-refractivity contribution in [1.29, 1.82) is 0 Å². The monoisotopic (exact) mass is 259 g/mol. The molecule has 0 unspecified atom stereocenters. The van der Waals surface area contributed by atoms with Crippen LogP contribution in [0, 0.1) is 6.92 Å². The predicted octanol–water partition coefficient (Wildman–Crippen LogP) is 4.62. The van der Waals surface area contributed by atoms with Gasteiger partial charge in [-0.05, 0) is 30.2 Å². The minimum Gasteiger partial charge on any atom is -0.361 e. The van der Waals surface area contributed by atoms with Crippen LogP contribution in [0.5, 0.6) is 0 Å².